The van der Waals surface area contributed by atoms with Gasteiger partial charge in [0.05, 0.1) is 16.6 Å². The molecular formula is C12H15F3N2O2S. The lowest BCUT2D eigenvalue weighted by Crippen LogP contribution is -2.38. The molecule has 0 aromatic carbocycles. The number of nitrogens with two attached hydrogens (primary N) is 1. The van der Waals surface area contributed by atoms with Gasteiger partial charge in [-0.05, 0) is 18.9 Å². The van der Waals surface area contributed by atoms with Gasteiger partial charge in [0.1, 0.15) is 0 Å². The van der Waals surface area contributed by atoms with E-state index in [2.05, 4.69) is 4.98 Å². The lowest BCUT2D eigenvalue weighted by molar-refractivity contribution is -0.138. The van der Waals surface area contributed by atoms with E-state index < -0.39 is 32.9 Å². The molecule has 20 heavy (non-hydrogen) atoms. The van der Waals surface area contributed by atoms with E-state index in [-0.39, 0.29) is 17.7 Å². The fraction of sp³-hybridized carbons (Fsp3) is 0.583. The van der Waals surface area contributed by atoms with E-state index >= 15 is 0 Å². The highest BCUT2D eigenvalue weighted by Gasteiger charge is 2.40. The molecule has 8 heteroatoms. The summed E-state index contributed by atoms with van der Waals surface area (Å²) in [6.45, 7) is 0. The molecule has 2 unspecified atom stereocenters. The van der Waals surface area contributed by atoms with Crippen molar-refractivity contribution in [1.82, 2.24) is 4.98 Å². The summed E-state index contributed by atoms with van der Waals surface area (Å²) in [7, 11) is -3.45. The van der Waals surface area contributed by atoms with Crippen molar-refractivity contribution < 1.29 is 21.6 Å². The van der Waals surface area contributed by atoms with Crippen LogP contribution in [-0.2, 0) is 16.0 Å². The van der Waals surface area contributed by atoms with E-state index in [1.807, 2.05) is 0 Å². The normalized spacial score (nSPS) is 24.3. The Morgan fingerprint density at radius 2 is 2.05 bits per heavy atom. The zero-order chi connectivity index (χ0) is 15.0. The van der Waals surface area contributed by atoms with Crippen molar-refractivity contribution in [1.29, 1.82) is 0 Å². The highest BCUT2D eigenvalue weighted by atomic mass is 32.2. The Morgan fingerprint density at radius 1 is 1.35 bits per heavy atom. The van der Waals surface area contributed by atoms with E-state index in [1.165, 1.54) is 0 Å². The van der Waals surface area contributed by atoms with Crippen molar-refractivity contribution >= 4 is 9.84 Å². The van der Waals surface area contributed by atoms with Gasteiger partial charge in [0.25, 0.3) is 0 Å². The van der Waals surface area contributed by atoms with Crippen LogP contribution >= 0.6 is 0 Å². The molecule has 2 N–H and O–H groups in total. The summed E-state index contributed by atoms with van der Waals surface area (Å²) in [6.07, 6.45) is -1.07. The standard InChI is InChI=1S/C12H15F3N2O2S/c13-12(14,15)9-4-5-17-7-8(9)11(16)10-3-1-2-6-20(10,18)19/h4-5,7,10-11H,1-3,6,16H2. The molecule has 1 saturated heterocycles. The van der Waals surface area contributed by atoms with Crippen molar-refractivity contribution in [2.24, 2.45) is 5.73 Å². The topological polar surface area (TPSA) is 73.0 Å². The van der Waals surface area contributed by atoms with E-state index in [1.54, 1.807) is 0 Å². The van der Waals surface area contributed by atoms with Gasteiger partial charge in [-0.25, -0.2) is 8.42 Å². The Balaban J connectivity index is 2.41. The van der Waals surface area contributed by atoms with Gasteiger partial charge in [-0.1, -0.05) is 6.42 Å². The fourth-order valence-electron chi connectivity index (χ4n) is 2.51. The third-order valence-electron chi connectivity index (χ3n) is 3.55. The third-order valence-corrected chi connectivity index (χ3v) is 5.85. The monoisotopic (exact) mass is 308 g/mol. The lowest BCUT2D eigenvalue weighted by Gasteiger charge is -2.29. The smallest absolute Gasteiger partial charge is 0.323 e. The second kappa shape index (κ2) is 5.33. The van der Waals surface area contributed by atoms with E-state index in [0.29, 0.717) is 12.8 Å². The fourth-order valence-corrected chi connectivity index (χ4v) is 4.54. The minimum atomic E-state index is -4.58. The Morgan fingerprint density at radius 3 is 2.65 bits per heavy atom. The molecule has 0 spiro atoms. The SMILES string of the molecule is NC(c1cnccc1C(F)(F)F)C1CCCCS1(=O)=O. The first kappa shape index (κ1) is 15.2. The average molecular weight is 308 g/mol. The van der Waals surface area contributed by atoms with Crippen LogP contribution in [-0.4, -0.2) is 24.4 Å². The van der Waals surface area contributed by atoms with Gasteiger partial charge in [0.2, 0.25) is 0 Å². The number of halogens is 3. The van der Waals surface area contributed by atoms with Gasteiger partial charge in [0, 0.05) is 24.0 Å². The van der Waals surface area contributed by atoms with Crippen molar-refractivity contribution in [2.45, 2.75) is 36.7 Å². The van der Waals surface area contributed by atoms with Crippen LogP contribution < -0.4 is 5.73 Å². The van der Waals surface area contributed by atoms with Crippen LogP contribution in [0.3, 0.4) is 0 Å². The average Bonchev–Trinajstić information content (AvgIpc) is 2.36. The van der Waals surface area contributed by atoms with Gasteiger partial charge >= 0.3 is 6.18 Å². The Hall–Kier alpha value is -1.15. The maximum Gasteiger partial charge on any atom is 0.416 e. The first-order chi connectivity index (χ1) is 9.23. The number of hydrogen-bond acceptors (Lipinski definition) is 4. The first-order valence-electron chi connectivity index (χ1n) is 6.22. The number of hydrogen-bond donors (Lipinski definition) is 1. The maximum atomic E-state index is 12.9. The molecule has 1 aliphatic rings. The summed E-state index contributed by atoms with van der Waals surface area (Å²) in [4.78, 5) is 3.65. The highest BCUT2D eigenvalue weighted by molar-refractivity contribution is 7.92. The summed E-state index contributed by atoms with van der Waals surface area (Å²) in [5.41, 5.74) is 4.65. The largest absolute Gasteiger partial charge is 0.416 e. The molecule has 2 atom stereocenters. The molecular weight excluding hydrogens is 293 g/mol. The van der Waals surface area contributed by atoms with Crippen LogP contribution in [0.2, 0.25) is 0 Å². The number of sulfone groups is 1. The molecule has 112 valence electrons. The van der Waals surface area contributed by atoms with E-state index in [9.17, 15) is 21.6 Å². The zero-order valence-corrected chi connectivity index (χ0v) is 11.4. The van der Waals surface area contributed by atoms with Crippen molar-refractivity contribution in [3.63, 3.8) is 0 Å². The van der Waals surface area contributed by atoms with Gasteiger partial charge in [-0.2, -0.15) is 13.2 Å². The first-order valence-corrected chi connectivity index (χ1v) is 7.93. The Labute approximate surface area is 115 Å². The maximum absolute atomic E-state index is 12.9. The molecule has 1 aromatic rings. The molecule has 1 aliphatic heterocycles. The summed E-state index contributed by atoms with van der Waals surface area (Å²) in [5.74, 6) is -0.0209. The van der Waals surface area contributed by atoms with E-state index in [0.717, 1.165) is 18.5 Å². The van der Waals surface area contributed by atoms with Crippen molar-refractivity contribution in [3.8, 4) is 0 Å². The summed E-state index contributed by atoms with van der Waals surface area (Å²) < 4.78 is 62.8. The number of aromatic nitrogens is 1. The summed E-state index contributed by atoms with van der Waals surface area (Å²) in [6, 6.07) is -0.379. The molecule has 0 bridgehead atoms. The molecule has 4 nitrogen and oxygen atoms in total. The summed E-state index contributed by atoms with van der Waals surface area (Å²) >= 11 is 0. The van der Waals surface area contributed by atoms with E-state index in [4.69, 9.17) is 5.73 Å². The van der Waals surface area contributed by atoms with Crippen LogP contribution in [0.4, 0.5) is 13.2 Å². The van der Waals surface area contributed by atoms with Crippen LogP contribution in [0, 0.1) is 0 Å². The molecule has 2 heterocycles. The van der Waals surface area contributed by atoms with Crippen molar-refractivity contribution in [3.05, 3.63) is 29.6 Å². The molecule has 0 saturated carbocycles. The van der Waals surface area contributed by atoms with Crippen LogP contribution in [0.5, 0.6) is 0 Å². The molecule has 0 amide bonds. The molecule has 1 fully saturated rings. The highest BCUT2D eigenvalue weighted by Crippen LogP contribution is 2.37. The zero-order valence-electron chi connectivity index (χ0n) is 10.6. The second-order valence-corrected chi connectivity index (χ2v) is 7.23. The van der Waals surface area contributed by atoms with Gasteiger partial charge < -0.3 is 5.73 Å². The number of pyridine rings is 1. The number of nitrogens with zero attached hydrogens (tertiary/aromatic N) is 1. The van der Waals surface area contributed by atoms with Gasteiger partial charge in [-0.15, -0.1) is 0 Å². The van der Waals surface area contributed by atoms with Gasteiger partial charge in [0.15, 0.2) is 9.84 Å². The number of alkyl halides is 3. The second-order valence-electron chi connectivity index (χ2n) is 4.89. The Bertz CT molecular complexity index is 587. The minimum absolute atomic E-state index is 0.0209. The predicted octanol–water partition coefficient (Wildman–Crippen LogP) is 2.07. The van der Waals surface area contributed by atoms with Gasteiger partial charge in [-0.3, -0.25) is 4.98 Å². The molecule has 0 aliphatic carbocycles. The predicted molar refractivity (Wildman–Crippen MR) is 67.6 cm³/mol. The molecule has 1 aromatic heterocycles. The van der Waals surface area contributed by atoms with Crippen LogP contribution in [0.25, 0.3) is 0 Å². The van der Waals surface area contributed by atoms with Crippen LogP contribution in [0.1, 0.15) is 36.4 Å². The summed E-state index contributed by atoms with van der Waals surface area (Å²) in [5, 5.41) is -0.971. The van der Waals surface area contributed by atoms with Crippen LogP contribution in [0.15, 0.2) is 18.5 Å². The molecule has 2 rings (SSSR count). The lowest BCUT2D eigenvalue weighted by atomic mass is 9.97. The van der Waals surface area contributed by atoms with Crippen molar-refractivity contribution in [2.75, 3.05) is 5.75 Å². The third kappa shape index (κ3) is 2.95. The number of rotatable bonds is 2. The minimum Gasteiger partial charge on any atom is -0.323 e. The Kier molecular flexibility index (Phi) is 4.06. The quantitative estimate of drug-likeness (QED) is 0.907. The molecule has 0 radical (unpaired) electrons.